The number of carbonyl (C=O) groups is 1. The van der Waals surface area contributed by atoms with Gasteiger partial charge in [-0.05, 0) is 49.6 Å². The van der Waals surface area contributed by atoms with Gasteiger partial charge in [0, 0.05) is 19.1 Å². The van der Waals surface area contributed by atoms with Crippen LogP contribution < -0.4 is 9.46 Å². The van der Waals surface area contributed by atoms with Crippen molar-refractivity contribution in [3.63, 3.8) is 0 Å². The number of rotatable bonds is 9. The second kappa shape index (κ2) is 10.8. The summed E-state index contributed by atoms with van der Waals surface area (Å²) in [7, 11) is -2.09. The summed E-state index contributed by atoms with van der Waals surface area (Å²) in [5.74, 6) is 0.312. The SMILES string of the molecule is C=CCN(Cc1ccc(OC)cc1)C(=O)[C@H]1CCCC[C@@H]1NS(=O)(=O)c1ccc(C)cc1. The fourth-order valence-electron chi connectivity index (χ4n) is 4.13. The molecule has 1 amide bonds. The van der Waals surface area contributed by atoms with Gasteiger partial charge in [0.25, 0.3) is 0 Å². The Kier molecular flexibility index (Phi) is 8.10. The molecule has 0 bridgehead atoms. The van der Waals surface area contributed by atoms with E-state index in [2.05, 4.69) is 11.3 Å². The Morgan fingerprint density at radius 1 is 1.12 bits per heavy atom. The maximum Gasteiger partial charge on any atom is 0.240 e. The van der Waals surface area contributed by atoms with Gasteiger partial charge in [0.15, 0.2) is 0 Å². The molecule has 0 heterocycles. The second-order valence-electron chi connectivity index (χ2n) is 8.29. The van der Waals surface area contributed by atoms with Crippen LogP contribution in [0.5, 0.6) is 5.75 Å². The van der Waals surface area contributed by atoms with Gasteiger partial charge in [-0.25, -0.2) is 13.1 Å². The lowest BCUT2D eigenvalue weighted by Crippen LogP contribution is -2.49. The molecular formula is C25H32N2O4S. The summed E-state index contributed by atoms with van der Waals surface area (Å²) in [5.41, 5.74) is 1.97. The van der Waals surface area contributed by atoms with Gasteiger partial charge in [0.1, 0.15) is 5.75 Å². The molecule has 2 atom stereocenters. The first kappa shape index (κ1) is 24.0. The topological polar surface area (TPSA) is 75.7 Å². The van der Waals surface area contributed by atoms with Crippen LogP contribution in [0, 0.1) is 12.8 Å². The van der Waals surface area contributed by atoms with Crippen molar-refractivity contribution in [3.05, 3.63) is 72.3 Å². The van der Waals surface area contributed by atoms with Gasteiger partial charge in [-0.1, -0.05) is 48.7 Å². The average Bonchev–Trinajstić information content (AvgIpc) is 2.79. The van der Waals surface area contributed by atoms with Crippen molar-refractivity contribution in [2.45, 2.75) is 50.1 Å². The molecule has 0 aromatic heterocycles. The summed E-state index contributed by atoms with van der Waals surface area (Å²) in [4.78, 5) is 15.5. The summed E-state index contributed by atoms with van der Waals surface area (Å²) in [6.07, 6.45) is 4.81. The Morgan fingerprint density at radius 3 is 2.41 bits per heavy atom. The van der Waals surface area contributed by atoms with Gasteiger partial charge in [-0.3, -0.25) is 4.79 Å². The smallest absolute Gasteiger partial charge is 0.240 e. The Bertz CT molecular complexity index is 1020. The molecule has 6 nitrogen and oxygen atoms in total. The van der Waals surface area contributed by atoms with E-state index < -0.39 is 22.0 Å². The van der Waals surface area contributed by atoms with E-state index in [0.717, 1.165) is 29.7 Å². The van der Waals surface area contributed by atoms with Crippen LogP contribution in [0.15, 0.2) is 66.1 Å². The predicted octanol–water partition coefficient (Wildman–Crippen LogP) is 4.06. The lowest BCUT2D eigenvalue weighted by atomic mass is 9.84. The van der Waals surface area contributed by atoms with E-state index in [1.54, 1.807) is 42.4 Å². The van der Waals surface area contributed by atoms with Gasteiger partial charge < -0.3 is 9.64 Å². The first-order valence-electron chi connectivity index (χ1n) is 11.0. The van der Waals surface area contributed by atoms with Gasteiger partial charge in [0.2, 0.25) is 15.9 Å². The van der Waals surface area contributed by atoms with Crippen LogP contribution in [0.3, 0.4) is 0 Å². The lowest BCUT2D eigenvalue weighted by molar-refractivity contribution is -0.137. The lowest BCUT2D eigenvalue weighted by Gasteiger charge is -2.34. The summed E-state index contributed by atoms with van der Waals surface area (Å²) < 4.78 is 34.0. The molecule has 0 unspecified atom stereocenters. The molecule has 2 aromatic rings. The molecule has 1 fully saturated rings. The number of carbonyl (C=O) groups excluding carboxylic acids is 1. The van der Waals surface area contributed by atoms with Crippen LogP contribution in [0.1, 0.15) is 36.8 Å². The average molecular weight is 457 g/mol. The second-order valence-corrected chi connectivity index (χ2v) is 10.0. The van der Waals surface area contributed by atoms with Crippen molar-refractivity contribution < 1.29 is 17.9 Å². The van der Waals surface area contributed by atoms with Gasteiger partial charge in [0.05, 0.1) is 17.9 Å². The number of benzene rings is 2. The van der Waals surface area contributed by atoms with Crippen molar-refractivity contribution >= 4 is 15.9 Å². The van der Waals surface area contributed by atoms with Gasteiger partial charge >= 0.3 is 0 Å². The van der Waals surface area contributed by atoms with E-state index in [4.69, 9.17) is 4.74 Å². The van der Waals surface area contributed by atoms with Crippen LogP contribution in [0.4, 0.5) is 0 Å². The summed E-state index contributed by atoms with van der Waals surface area (Å²) in [6, 6.07) is 13.9. The third kappa shape index (κ3) is 5.99. The summed E-state index contributed by atoms with van der Waals surface area (Å²) in [5, 5.41) is 0. The number of ether oxygens (including phenoxy) is 1. The maximum atomic E-state index is 13.5. The molecule has 0 spiro atoms. The third-order valence-corrected chi connectivity index (χ3v) is 7.42. The van der Waals surface area contributed by atoms with E-state index in [1.807, 2.05) is 31.2 Å². The van der Waals surface area contributed by atoms with Crippen LogP contribution in [0.2, 0.25) is 0 Å². The molecular weight excluding hydrogens is 424 g/mol. The minimum absolute atomic E-state index is 0.0444. The molecule has 1 saturated carbocycles. The van der Waals surface area contributed by atoms with Crippen LogP contribution in [-0.4, -0.2) is 38.9 Å². The summed E-state index contributed by atoms with van der Waals surface area (Å²) >= 11 is 0. The molecule has 2 aromatic carbocycles. The first-order valence-corrected chi connectivity index (χ1v) is 12.4. The zero-order chi connectivity index (χ0) is 23.1. The van der Waals surface area contributed by atoms with Crippen molar-refractivity contribution in [2.24, 2.45) is 5.92 Å². The van der Waals surface area contributed by atoms with Crippen molar-refractivity contribution in [1.29, 1.82) is 0 Å². The van der Waals surface area contributed by atoms with E-state index in [9.17, 15) is 13.2 Å². The number of hydrogen-bond donors (Lipinski definition) is 1. The monoisotopic (exact) mass is 456 g/mol. The zero-order valence-corrected chi connectivity index (χ0v) is 19.6. The molecule has 0 radical (unpaired) electrons. The van der Waals surface area contributed by atoms with Crippen molar-refractivity contribution in [2.75, 3.05) is 13.7 Å². The number of aryl methyl sites for hydroxylation is 1. The molecule has 32 heavy (non-hydrogen) atoms. The van der Waals surface area contributed by atoms with Crippen LogP contribution in [-0.2, 0) is 21.4 Å². The highest BCUT2D eigenvalue weighted by Crippen LogP contribution is 2.28. The molecule has 7 heteroatoms. The molecule has 1 N–H and O–H groups in total. The van der Waals surface area contributed by atoms with Gasteiger partial charge in [-0.2, -0.15) is 0 Å². The highest BCUT2D eigenvalue weighted by molar-refractivity contribution is 7.89. The molecule has 0 aliphatic heterocycles. The molecule has 0 saturated heterocycles. The quantitative estimate of drug-likeness (QED) is 0.578. The van der Waals surface area contributed by atoms with Crippen LogP contribution >= 0.6 is 0 Å². The molecule has 3 rings (SSSR count). The molecule has 172 valence electrons. The Labute approximate surface area is 191 Å². The maximum absolute atomic E-state index is 13.5. The van der Waals surface area contributed by atoms with Gasteiger partial charge in [-0.15, -0.1) is 6.58 Å². The third-order valence-electron chi connectivity index (χ3n) is 5.91. The number of nitrogens with zero attached hydrogens (tertiary/aromatic N) is 1. The van der Waals surface area contributed by atoms with E-state index in [-0.39, 0.29) is 10.8 Å². The number of sulfonamides is 1. The predicted molar refractivity (Wildman–Crippen MR) is 126 cm³/mol. The highest BCUT2D eigenvalue weighted by atomic mass is 32.2. The number of nitrogens with one attached hydrogen (secondary N) is 1. The van der Waals surface area contributed by atoms with E-state index in [1.165, 1.54) is 0 Å². The minimum atomic E-state index is -3.70. The normalized spacial score (nSPS) is 18.7. The molecule has 1 aliphatic carbocycles. The fourth-order valence-corrected chi connectivity index (χ4v) is 5.44. The summed E-state index contributed by atoms with van der Waals surface area (Å²) in [6.45, 7) is 6.55. The largest absolute Gasteiger partial charge is 0.497 e. The van der Waals surface area contributed by atoms with Crippen molar-refractivity contribution in [1.82, 2.24) is 9.62 Å². The van der Waals surface area contributed by atoms with Crippen molar-refractivity contribution in [3.8, 4) is 5.75 Å². The minimum Gasteiger partial charge on any atom is -0.497 e. The number of amides is 1. The van der Waals surface area contributed by atoms with E-state index in [0.29, 0.717) is 25.9 Å². The van der Waals surface area contributed by atoms with E-state index >= 15 is 0 Å². The Hall–Kier alpha value is -2.64. The Balaban J connectivity index is 1.77. The fraction of sp³-hybridized carbons (Fsp3) is 0.400. The first-order chi connectivity index (χ1) is 15.3. The zero-order valence-electron chi connectivity index (χ0n) is 18.8. The van der Waals surface area contributed by atoms with Crippen LogP contribution in [0.25, 0.3) is 0 Å². The highest BCUT2D eigenvalue weighted by Gasteiger charge is 2.36. The number of hydrogen-bond acceptors (Lipinski definition) is 4. The number of methoxy groups -OCH3 is 1. The Morgan fingerprint density at radius 2 is 1.78 bits per heavy atom. The molecule has 1 aliphatic rings. The standard InChI is InChI=1S/C25H32N2O4S/c1-4-17-27(18-20-11-13-21(31-3)14-12-20)25(28)23-7-5-6-8-24(23)26-32(29,30)22-15-9-19(2)10-16-22/h4,9-16,23-24,26H,1,5-8,17-18H2,2-3H3/t23-,24-/m0/s1.